The van der Waals surface area contributed by atoms with Crippen LogP contribution in [-0.2, 0) is 11.0 Å². The van der Waals surface area contributed by atoms with Crippen LogP contribution in [-0.4, -0.2) is 38.1 Å². The number of nitrogens with two attached hydrogens (primary N) is 1. The minimum Gasteiger partial charge on any atom is -0.383 e. The van der Waals surface area contributed by atoms with E-state index in [2.05, 4.69) is 25.7 Å². The molecule has 1 saturated heterocycles. The van der Waals surface area contributed by atoms with Crippen LogP contribution in [0.3, 0.4) is 0 Å². The molecule has 1 aliphatic heterocycles. The Kier molecular flexibility index (Phi) is 4.38. The second-order valence-corrected chi connectivity index (χ2v) is 6.44. The molecule has 1 amide bonds. The first-order chi connectivity index (χ1) is 13.3. The molecule has 3 aromatic rings. The molecule has 0 spiro atoms. The Morgan fingerprint density at radius 3 is 2.89 bits per heavy atom. The first kappa shape index (κ1) is 18.2. The number of pyridine rings is 1. The molecule has 4 heterocycles. The number of imidazole rings is 1. The van der Waals surface area contributed by atoms with Crippen molar-refractivity contribution in [3.63, 3.8) is 0 Å². The number of halogens is 3. The predicted octanol–water partition coefficient (Wildman–Crippen LogP) is 2.08. The number of nitrogen functional groups attached to an aromatic ring is 1. The summed E-state index contributed by atoms with van der Waals surface area (Å²) < 4.78 is 40.5. The molecular formula is C17H16F3N7O. The Hall–Kier alpha value is -3.21. The van der Waals surface area contributed by atoms with Crippen molar-refractivity contribution in [2.45, 2.75) is 25.1 Å². The maximum Gasteiger partial charge on any atom is 0.419 e. The number of anilines is 2. The van der Waals surface area contributed by atoms with E-state index in [1.54, 1.807) is 6.07 Å². The van der Waals surface area contributed by atoms with Crippen molar-refractivity contribution in [2.75, 3.05) is 17.6 Å². The summed E-state index contributed by atoms with van der Waals surface area (Å²) in [5.41, 5.74) is 5.18. The van der Waals surface area contributed by atoms with Crippen LogP contribution in [0.15, 0.2) is 30.6 Å². The fourth-order valence-electron chi connectivity index (χ4n) is 3.06. The predicted molar refractivity (Wildman–Crippen MR) is 95.3 cm³/mol. The maximum atomic E-state index is 13.0. The van der Waals surface area contributed by atoms with Crippen LogP contribution in [0.2, 0.25) is 0 Å². The number of hydrogen-bond acceptors (Lipinski definition) is 6. The van der Waals surface area contributed by atoms with Gasteiger partial charge in [-0.05, 0) is 37.6 Å². The van der Waals surface area contributed by atoms with Crippen molar-refractivity contribution in [2.24, 2.45) is 0 Å². The third-order valence-electron chi connectivity index (χ3n) is 4.47. The van der Waals surface area contributed by atoms with E-state index in [4.69, 9.17) is 5.73 Å². The van der Waals surface area contributed by atoms with Gasteiger partial charge in [-0.15, -0.1) is 0 Å². The molecule has 0 aliphatic carbocycles. The lowest BCUT2D eigenvalue weighted by atomic mass is 10.1. The summed E-state index contributed by atoms with van der Waals surface area (Å²) in [7, 11) is 0. The van der Waals surface area contributed by atoms with E-state index >= 15 is 0 Å². The van der Waals surface area contributed by atoms with Crippen molar-refractivity contribution < 1.29 is 18.0 Å². The van der Waals surface area contributed by atoms with Gasteiger partial charge >= 0.3 is 6.18 Å². The highest BCUT2D eigenvalue weighted by Crippen LogP contribution is 2.34. The van der Waals surface area contributed by atoms with E-state index in [0.717, 1.165) is 25.5 Å². The van der Waals surface area contributed by atoms with E-state index in [1.165, 1.54) is 23.0 Å². The SMILES string of the molecule is Nc1ncc(-c2ccc3nc(NC(=O)[C@H]4CCCN4)cn3n2)cc1C(F)(F)F. The quantitative estimate of drug-likeness (QED) is 0.631. The fourth-order valence-corrected chi connectivity index (χ4v) is 3.06. The number of aromatic nitrogens is 4. The van der Waals surface area contributed by atoms with Gasteiger partial charge in [0.05, 0.1) is 23.5 Å². The van der Waals surface area contributed by atoms with E-state index in [-0.39, 0.29) is 23.2 Å². The molecule has 0 radical (unpaired) electrons. The van der Waals surface area contributed by atoms with E-state index in [0.29, 0.717) is 11.5 Å². The zero-order chi connectivity index (χ0) is 19.9. The summed E-state index contributed by atoms with van der Waals surface area (Å²) in [5, 5.41) is 10.1. The fraction of sp³-hybridized carbons (Fsp3) is 0.294. The summed E-state index contributed by atoms with van der Waals surface area (Å²) in [6.07, 6.45) is -0.194. The summed E-state index contributed by atoms with van der Waals surface area (Å²) in [5.74, 6) is -0.459. The molecule has 11 heteroatoms. The Morgan fingerprint density at radius 1 is 1.36 bits per heavy atom. The average Bonchev–Trinajstić information content (AvgIpc) is 3.30. The first-order valence-electron chi connectivity index (χ1n) is 8.55. The largest absolute Gasteiger partial charge is 0.419 e. The zero-order valence-electron chi connectivity index (χ0n) is 14.5. The summed E-state index contributed by atoms with van der Waals surface area (Å²) >= 11 is 0. The van der Waals surface area contributed by atoms with Gasteiger partial charge in [0.2, 0.25) is 5.91 Å². The molecule has 8 nitrogen and oxygen atoms in total. The maximum absolute atomic E-state index is 13.0. The highest BCUT2D eigenvalue weighted by atomic mass is 19.4. The Morgan fingerprint density at radius 2 is 2.18 bits per heavy atom. The minimum absolute atomic E-state index is 0.165. The number of amides is 1. The first-order valence-corrected chi connectivity index (χ1v) is 8.55. The van der Waals surface area contributed by atoms with Crippen LogP contribution < -0.4 is 16.4 Å². The molecule has 0 aromatic carbocycles. The van der Waals surface area contributed by atoms with Gasteiger partial charge in [-0.2, -0.15) is 18.3 Å². The second kappa shape index (κ2) is 6.75. The Bertz CT molecular complexity index is 1040. The molecule has 1 aliphatic rings. The van der Waals surface area contributed by atoms with Crippen molar-refractivity contribution >= 4 is 23.2 Å². The van der Waals surface area contributed by atoms with Crippen molar-refractivity contribution in [3.8, 4) is 11.3 Å². The topological polar surface area (TPSA) is 110 Å². The number of hydrogen-bond donors (Lipinski definition) is 3. The molecule has 1 atom stereocenters. The molecule has 0 saturated carbocycles. The monoisotopic (exact) mass is 391 g/mol. The Labute approximate surface area is 157 Å². The van der Waals surface area contributed by atoms with Crippen LogP contribution in [0.5, 0.6) is 0 Å². The molecule has 3 aromatic heterocycles. The zero-order valence-corrected chi connectivity index (χ0v) is 14.5. The van der Waals surface area contributed by atoms with Gasteiger partial charge in [0, 0.05) is 11.8 Å². The molecule has 1 fully saturated rings. The summed E-state index contributed by atoms with van der Waals surface area (Å²) in [6.45, 7) is 0.795. The molecule has 0 bridgehead atoms. The van der Waals surface area contributed by atoms with Crippen LogP contribution in [0.25, 0.3) is 16.9 Å². The number of fused-ring (bicyclic) bond motifs is 1. The van der Waals surface area contributed by atoms with E-state index < -0.39 is 17.6 Å². The number of carbonyl (C=O) groups is 1. The Balaban J connectivity index is 1.62. The molecule has 4 rings (SSSR count). The van der Waals surface area contributed by atoms with Crippen LogP contribution in [0.4, 0.5) is 24.8 Å². The van der Waals surface area contributed by atoms with Gasteiger partial charge in [0.15, 0.2) is 11.5 Å². The van der Waals surface area contributed by atoms with Gasteiger partial charge in [-0.25, -0.2) is 14.5 Å². The molecule has 0 unspecified atom stereocenters. The van der Waals surface area contributed by atoms with Crippen molar-refractivity contribution in [1.82, 2.24) is 24.9 Å². The standard InChI is InChI=1S/C17H16F3N7O/c18-17(19,20)10-6-9(7-23-15(10)21)11-3-4-14-24-13(8-27(14)26-11)25-16(28)12-2-1-5-22-12/h3-4,6-8,12,22H,1-2,5H2,(H2,21,23)(H,25,28)/t12-/m1/s1. The molecule has 146 valence electrons. The van der Waals surface area contributed by atoms with E-state index in [9.17, 15) is 18.0 Å². The van der Waals surface area contributed by atoms with Gasteiger partial charge in [0.1, 0.15) is 5.82 Å². The third kappa shape index (κ3) is 3.48. The van der Waals surface area contributed by atoms with Crippen LogP contribution in [0, 0.1) is 0 Å². The number of rotatable bonds is 3. The van der Waals surface area contributed by atoms with Crippen molar-refractivity contribution in [3.05, 3.63) is 36.2 Å². The molecule has 4 N–H and O–H groups in total. The highest BCUT2D eigenvalue weighted by molar-refractivity contribution is 5.94. The van der Waals surface area contributed by atoms with Crippen LogP contribution in [0.1, 0.15) is 18.4 Å². The van der Waals surface area contributed by atoms with Gasteiger partial charge < -0.3 is 16.4 Å². The minimum atomic E-state index is -4.61. The number of nitrogens with one attached hydrogen (secondary N) is 2. The highest BCUT2D eigenvalue weighted by Gasteiger charge is 2.34. The molecule has 28 heavy (non-hydrogen) atoms. The summed E-state index contributed by atoms with van der Waals surface area (Å²) in [6, 6.07) is 3.77. The van der Waals surface area contributed by atoms with Gasteiger partial charge in [0.25, 0.3) is 0 Å². The summed E-state index contributed by atoms with van der Waals surface area (Å²) in [4.78, 5) is 20.0. The smallest absolute Gasteiger partial charge is 0.383 e. The number of carbonyl (C=O) groups excluding carboxylic acids is 1. The van der Waals surface area contributed by atoms with Crippen LogP contribution >= 0.6 is 0 Å². The normalized spacial score (nSPS) is 17.2. The number of alkyl halides is 3. The van der Waals surface area contributed by atoms with Gasteiger partial charge in [-0.3, -0.25) is 4.79 Å². The van der Waals surface area contributed by atoms with Crippen molar-refractivity contribution in [1.29, 1.82) is 0 Å². The lowest BCUT2D eigenvalue weighted by Crippen LogP contribution is -2.35. The number of nitrogens with zero attached hydrogens (tertiary/aromatic N) is 4. The second-order valence-electron chi connectivity index (χ2n) is 6.44. The van der Waals surface area contributed by atoms with Gasteiger partial charge in [-0.1, -0.05) is 0 Å². The lowest BCUT2D eigenvalue weighted by Gasteiger charge is -2.10. The van der Waals surface area contributed by atoms with E-state index in [1.807, 2.05) is 0 Å². The lowest BCUT2D eigenvalue weighted by molar-refractivity contribution is -0.137. The average molecular weight is 391 g/mol. The third-order valence-corrected chi connectivity index (χ3v) is 4.47. The molecular weight excluding hydrogens is 375 g/mol.